The van der Waals surface area contributed by atoms with Gasteiger partial charge in [0.25, 0.3) is 0 Å². The summed E-state index contributed by atoms with van der Waals surface area (Å²) in [5, 5.41) is 9.67. The third-order valence-corrected chi connectivity index (χ3v) is 4.61. The number of hydrogen-bond acceptors (Lipinski definition) is 5. The molecule has 4 heterocycles. The zero-order valence-electron chi connectivity index (χ0n) is 13.6. The Hall–Kier alpha value is -2.78. The van der Waals surface area contributed by atoms with Crippen molar-refractivity contribution in [1.82, 2.24) is 30.0 Å². The van der Waals surface area contributed by atoms with Crippen LogP contribution in [0.2, 0.25) is 0 Å². The largest absolute Gasteiger partial charge is 0.397 e. The van der Waals surface area contributed by atoms with Crippen LogP contribution in [-0.4, -0.2) is 55.2 Å². The Morgan fingerprint density at radius 1 is 1.31 bits per heavy atom. The SMILES string of the molecule is O=C(CC(F)(F)F)N1CCCC(c2ncnc3nnc4[nH]ccc4c23)C1. The number of aromatic amines is 1. The Kier molecular flexibility index (Phi) is 3.97. The minimum Gasteiger partial charge on any atom is -0.345 e. The highest BCUT2D eigenvalue weighted by Crippen LogP contribution is 2.33. The number of nitrogens with zero attached hydrogens (tertiary/aromatic N) is 5. The van der Waals surface area contributed by atoms with Gasteiger partial charge < -0.3 is 9.88 Å². The molecule has 1 amide bonds. The van der Waals surface area contributed by atoms with Crippen molar-refractivity contribution in [2.45, 2.75) is 31.4 Å². The fraction of sp³-hybridized carbons (Fsp3) is 0.438. The van der Waals surface area contributed by atoms with Crippen LogP contribution < -0.4 is 0 Å². The molecule has 7 nitrogen and oxygen atoms in total. The predicted molar refractivity (Wildman–Crippen MR) is 86.2 cm³/mol. The maximum Gasteiger partial charge on any atom is 0.397 e. The Labute approximate surface area is 145 Å². The predicted octanol–water partition coefficient (Wildman–Crippen LogP) is 2.56. The highest BCUT2D eigenvalue weighted by molar-refractivity contribution is 6.02. The number of fused-ring (bicyclic) bond motifs is 3. The first kappa shape index (κ1) is 16.7. The van der Waals surface area contributed by atoms with Crippen LogP contribution in [0.15, 0.2) is 18.6 Å². The van der Waals surface area contributed by atoms with Crippen molar-refractivity contribution in [1.29, 1.82) is 0 Å². The first-order valence-corrected chi connectivity index (χ1v) is 8.21. The van der Waals surface area contributed by atoms with Crippen LogP contribution in [0.3, 0.4) is 0 Å². The smallest absolute Gasteiger partial charge is 0.345 e. The van der Waals surface area contributed by atoms with Crippen molar-refractivity contribution in [3.63, 3.8) is 0 Å². The second-order valence-corrected chi connectivity index (χ2v) is 6.37. The number of nitrogens with one attached hydrogen (secondary N) is 1. The molecule has 0 bridgehead atoms. The van der Waals surface area contributed by atoms with Gasteiger partial charge in [0.2, 0.25) is 5.91 Å². The summed E-state index contributed by atoms with van der Waals surface area (Å²) in [4.78, 5) is 24.7. The van der Waals surface area contributed by atoms with Crippen molar-refractivity contribution >= 4 is 28.0 Å². The van der Waals surface area contributed by atoms with Crippen molar-refractivity contribution in [2.75, 3.05) is 13.1 Å². The Morgan fingerprint density at radius 2 is 2.15 bits per heavy atom. The molecular formula is C16H15F3N6O. The number of likely N-dealkylation sites (tertiary alicyclic amines) is 1. The molecule has 0 radical (unpaired) electrons. The molecule has 3 aromatic heterocycles. The lowest BCUT2D eigenvalue weighted by atomic mass is 9.92. The van der Waals surface area contributed by atoms with Gasteiger partial charge >= 0.3 is 6.18 Å². The van der Waals surface area contributed by atoms with Gasteiger partial charge in [-0.2, -0.15) is 13.2 Å². The summed E-state index contributed by atoms with van der Waals surface area (Å²) < 4.78 is 37.6. The molecule has 0 aromatic carbocycles. The molecule has 1 N–H and O–H groups in total. The van der Waals surface area contributed by atoms with Gasteiger partial charge in [-0.3, -0.25) is 4.79 Å². The zero-order valence-corrected chi connectivity index (χ0v) is 13.6. The molecule has 0 aliphatic carbocycles. The van der Waals surface area contributed by atoms with E-state index in [1.54, 1.807) is 6.20 Å². The molecule has 0 saturated carbocycles. The van der Waals surface area contributed by atoms with Crippen LogP contribution in [0.4, 0.5) is 13.2 Å². The van der Waals surface area contributed by atoms with Crippen molar-refractivity contribution < 1.29 is 18.0 Å². The number of alkyl halides is 3. The summed E-state index contributed by atoms with van der Waals surface area (Å²) in [6.07, 6.45) is -1.47. The fourth-order valence-corrected chi connectivity index (χ4v) is 3.49. The second kappa shape index (κ2) is 6.19. The van der Waals surface area contributed by atoms with E-state index in [0.717, 1.165) is 17.2 Å². The summed E-state index contributed by atoms with van der Waals surface area (Å²) in [5.41, 5.74) is 1.72. The van der Waals surface area contributed by atoms with Gasteiger partial charge in [-0.1, -0.05) is 0 Å². The molecule has 1 saturated heterocycles. The molecular weight excluding hydrogens is 349 g/mol. The number of piperidine rings is 1. The van der Waals surface area contributed by atoms with Crippen molar-refractivity contribution in [3.05, 3.63) is 24.3 Å². The Bertz CT molecular complexity index is 969. The van der Waals surface area contributed by atoms with E-state index >= 15 is 0 Å². The highest BCUT2D eigenvalue weighted by atomic mass is 19.4. The summed E-state index contributed by atoms with van der Waals surface area (Å²) in [6, 6.07) is 1.84. The van der Waals surface area contributed by atoms with Gasteiger partial charge in [0.05, 0.1) is 11.1 Å². The lowest BCUT2D eigenvalue weighted by Gasteiger charge is -2.33. The van der Waals surface area contributed by atoms with Crippen molar-refractivity contribution in [2.24, 2.45) is 0 Å². The van der Waals surface area contributed by atoms with Crippen LogP contribution >= 0.6 is 0 Å². The van der Waals surface area contributed by atoms with E-state index < -0.39 is 18.5 Å². The lowest BCUT2D eigenvalue weighted by Crippen LogP contribution is -2.41. The quantitative estimate of drug-likeness (QED) is 0.755. The summed E-state index contributed by atoms with van der Waals surface area (Å²) >= 11 is 0. The molecule has 1 fully saturated rings. The Balaban J connectivity index is 1.69. The van der Waals surface area contributed by atoms with E-state index in [4.69, 9.17) is 0 Å². The number of carbonyl (C=O) groups is 1. The standard InChI is InChI=1S/C16H15F3N6O/c17-16(18,19)6-11(26)25-5-1-2-9(7-25)13-12-10-3-4-20-14(10)23-24-15(12)22-8-21-13/h3-4,8-9H,1-2,5-7H2,(H,20,23). The minimum atomic E-state index is -4.50. The first-order valence-electron chi connectivity index (χ1n) is 8.21. The zero-order chi connectivity index (χ0) is 18.3. The molecule has 3 aromatic rings. The highest BCUT2D eigenvalue weighted by Gasteiger charge is 2.35. The van der Waals surface area contributed by atoms with Gasteiger partial charge in [-0.15, -0.1) is 10.2 Å². The van der Waals surface area contributed by atoms with Crippen LogP contribution in [0.1, 0.15) is 30.9 Å². The van der Waals surface area contributed by atoms with Gasteiger partial charge in [0.15, 0.2) is 11.3 Å². The van der Waals surface area contributed by atoms with Crippen LogP contribution in [0.25, 0.3) is 22.1 Å². The van der Waals surface area contributed by atoms with E-state index in [2.05, 4.69) is 25.1 Å². The molecule has 1 unspecified atom stereocenters. The number of carbonyl (C=O) groups excluding carboxylic acids is 1. The maximum atomic E-state index is 12.5. The van der Waals surface area contributed by atoms with Gasteiger partial charge in [-0.05, 0) is 18.9 Å². The number of hydrogen-bond donors (Lipinski definition) is 1. The van der Waals surface area contributed by atoms with Gasteiger partial charge in [0, 0.05) is 30.6 Å². The monoisotopic (exact) mass is 364 g/mol. The molecule has 26 heavy (non-hydrogen) atoms. The molecule has 0 spiro atoms. The number of amides is 1. The number of aromatic nitrogens is 5. The number of rotatable bonds is 2. The average molecular weight is 364 g/mol. The summed E-state index contributed by atoms with van der Waals surface area (Å²) in [5.74, 6) is -1.07. The summed E-state index contributed by atoms with van der Waals surface area (Å²) in [7, 11) is 0. The third-order valence-electron chi connectivity index (χ3n) is 4.61. The third kappa shape index (κ3) is 3.06. The van der Waals surface area contributed by atoms with Gasteiger partial charge in [0.1, 0.15) is 12.7 Å². The number of H-pyrrole nitrogens is 1. The van der Waals surface area contributed by atoms with E-state index in [9.17, 15) is 18.0 Å². The lowest BCUT2D eigenvalue weighted by molar-refractivity contribution is -0.162. The molecule has 1 atom stereocenters. The fourth-order valence-electron chi connectivity index (χ4n) is 3.49. The molecule has 1 aliphatic heterocycles. The summed E-state index contributed by atoms with van der Waals surface area (Å²) in [6.45, 7) is 0.531. The maximum absolute atomic E-state index is 12.5. The van der Waals surface area contributed by atoms with Gasteiger partial charge in [-0.25, -0.2) is 9.97 Å². The van der Waals surface area contributed by atoms with Crippen LogP contribution in [0, 0.1) is 0 Å². The van der Waals surface area contributed by atoms with Crippen molar-refractivity contribution in [3.8, 4) is 0 Å². The number of halogens is 3. The van der Waals surface area contributed by atoms with Crippen LogP contribution in [0.5, 0.6) is 0 Å². The van der Waals surface area contributed by atoms with E-state index in [0.29, 0.717) is 30.0 Å². The van der Waals surface area contributed by atoms with Crippen LogP contribution in [-0.2, 0) is 4.79 Å². The minimum absolute atomic E-state index is 0.172. The topological polar surface area (TPSA) is 87.7 Å². The van der Waals surface area contributed by atoms with E-state index in [-0.39, 0.29) is 12.5 Å². The molecule has 10 heteroatoms. The normalized spacial score (nSPS) is 18.6. The van der Waals surface area contributed by atoms with E-state index in [1.807, 2.05) is 6.07 Å². The van der Waals surface area contributed by atoms with E-state index in [1.165, 1.54) is 11.2 Å². The average Bonchev–Trinajstić information content (AvgIpc) is 3.09. The molecule has 1 aliphatic rings. The Morgan fingerprint density at radius 3 is 2.96 bits per heavy atom. The molecule has 136 valence electrons. The first-order chi connectivity index (χ1) is 12.4. The second-order valence-electron chi connectivity index (χ2n) is 6.37. The molecule has 4 rings (SSSR count).